The van der Waals surface area contributed by atoms with Crippen molar-refractivity contribution in [1.29, 1.82) is 0 Å². The molecule has 1 saturated heterocycles. The van der Waals surface area contributed by atoms with E-state index in [4.69, 9.17) is 4.42 Å². The Bertz CT molecular complexity index is 816. The second-order valence-corrected chi connectivity index (χ2v) is 8.11. The molecule has 4 unspecified atom stereocenters. The number of carbonyl (C=O) groups is 2. The molecule has 1 N–H and O–H groups in total. The molecule has 0 saturated carbocycles. The van der Waals surface area contributed by atoms with E-state index in [0.717, 1.165) is 27.3 Å². The SMILES string of the molecule is Cc1sc(C)c2c3c(oc12)C(=O)C1C(C)CNC(C)C1C3=O. The van der Waals surface area contributed by atoms with Gasteiger partial charge in [0.25, 0.3) is 0 Å². The number of thiophene rings is 1. The van der Waals surface area contributed by atoms with Gasteiger partial charge in [-0.25, -0.2) is 0 Å². The lowest BCUT2D eigenvalue weighted by Gasteiger charge is -2.41. The van der Waals surface area contributed by atoms with Crippen molar-refractivity contribution in [3.05, 3.63) is 21.1 Å². The summed E-state index contributed by atoms with van der Waals surface area (Å²) < 4.78 is 5.88. The molecule has 116 valence electrons. The summed E-state index contributed by atoms with van der Waals surface area (Å²) in [6, 6.07) is 0.0239. The molecular weight excluding hydrogens is 298 g/mol. The second kappa shape index (κ2) is 4.52. The molecular formula is C17H19NO3S. The fourth-order valence-electron chi connectivity index (χ4n) is 4.17. The zero-order chi connectivity index (χ0) is 15.8. The molecule has 0 radical (unpaired) electrons. The molecule has 4 rings (SSSR count). The van der Waals surface area contributed by atoms with Gasteiger partial charge in [-0.05, 0) is 33.2 Å². The molecule has 0 aromatic carbocycles. The van der Waals surface area contributed by atoms with Gasteiger partial charge in [0.15, 0.2) is 11.5 Å². The van der Waals surface area contributed by atoms with Gasteiger partial charge in [-0.3, -0.25) is 9.59 Å². The van der Waals surface area contributed by atoms with Crippen molar-refractivity contribution >= 4 is 33.9 Å². The van der Waals surface area contributed by atoms with Gasteiger partial charge in [-0.1, -0.05) is 6.92 Å². The van der Waals surface area contributed by atoms with Crippen molar-refractivity contribution in [1.82, 2.24) is 5.32 Å². The van der Waals surface area contributed by atoms with Gasteiger partial charge in [0.1, 0.15) is 5.58 Å². The number of hydrogen-bond donors (Lipinski definition) is 1. The molecule has 4 atom stereocenters. The molecule has 1 fully saturated rings. The third kappa shape index (κ3) is 1.61. The maximum absolute atomic E-state index is 13.1. The Morgan fingerprint density at radius 1 is 1.09 bits per heavy atom. The van der Waals surface area contributed by atoms with Crippen LogP contribution < -0.4 is 5.32 Å². The number of ketones is 2. The topological polar surface area (TPSA) is 59.3 Å². The van der Waals surface area contributed by atoms with Crippen molar-refractivity contribution in [2.75, 3.05) is 6.54 Å². The summed E-state index contributed by atoms with van der Waals surface area (Å²) in [5.74, 6) is 0.0117. The van der Waals surface area contributed by atoms with E-state index in [1.54, 1.807) is 11.3 Å². The van der Waals surface area contributed by atoms with Crippen molar-refractivity contribution in [2.45, 2.75) is 33.7 Å². The van der Waals surface area contributed by atoms with Gasteiger partial charge >= 0.3 is 0 Å². The van der Waals surface area contributed by atoms with Crippen LogP contribution in [0, 0.1) is 31.6 Å². The van der Waals surface area contributed by atoms with Crippen molar-refractivity contribution < 1.29 is 14.0 Å². The van der Waals surface area contributed by atoms with Crippen LogP contribution in [0.2, 0.25) is 0 Å². The smallest absolute Gasteiger partial charge is 0.202 e. The van der Waals surface area contributed by atoms with Crippen molar-refractivity contribution in [3.8, 4) is 0 Å². The summed E-state index contributed by atoms with van der Waals surface area (Å²) in [5.41, 5.74) is 1.26. The maximum Gasteiger partial charge on any atom is 0.202 e. The summed E-state index contributed by atoms with van der Waals surface area (Å²) >= 11 is 1.62. The standard InChI is InChI=1S/C17H19NO3S/c1-6-5-18-7(2)11-10(6)15(20)17-13(14(11)19)12-8(3)22-9(4)16(12)21-17/h6-7,10-11,18H,5H2,1-4H3. The maximum atomic E-state index is 13.1. The number of piperidine rings is 1. The van der Waals surface area contributed by atoms with Gasteiger partial charge in [0.2, 0.25) is 5.78 Å². The van der Waals surface area contributed by atoms with Crippen LogP contribution in [0.1, 0.15) is 44.5 Å². The zero-order valence-corrected chi connectivity index (χ0v) is 14.0. The Morgan fingerprint density at radius 2 is 1.82 bits per heavy atom. The van der Waals surface area contributed by atoms with Gasteiger partial charge in [0, 0.05) is 33.0 Å². The highest BCUT2D eigenvalue weighted by atomic mass is 32.1. The molecule has 3 heterocycles. The van der Waals surface area contributed by atoms with Crippen LogP contribution in [0.4, 0.5) is 0 Å². The molecule has 22 heavy (non-hydrogen) atoms. The van der Waals surface area contributed by atoms with Crippen molar-refractivity contribution in [2.24, 2.45) is 17.8 Å². The van der Waals surface area contributed by atoms with E-state index in [-0.39, 0.29) is 35.4 Å². The highest BCUT2D eigenvalue weighted by Crippen LogP contribution is 2.45. The number of carbonyl (C=O) groups excluding carboxylic acids is 2. The fraction of sp³-hybridized carbons (Fsp3) is 0.529. The van der Waals surface area contributed by atoms with Gasteiger partial charge in [0.05, 0.1) is 5.56 Å². The van der Waals surface area contributed by atoms with Crippen LogP contribution in [0.3, 0.4) is 0 Å². The van der Waals surface area contributed by atoms with E-state index in [0.29, 0.717) is 11.3 Å². The van der Waals surface area contributed by atoms with Crippen LogP contribution in [-0.4, -0.2) is 24.2 Å². The fourth-order valence-corrected chi connectivity index (χ4v) is 5.16. The zero-order valence-electron chi connectivity index (χ0n) is 13.1. The van der Waals surface area contributed by atoms with Crippen LogP contribution in [0.5, 0.6) is 0 Å². The Labute approximate surface area is 132 Å². The third-order valence-corrected chi connectivity index (χ3v) is 6.26. The lowest BCUT2D eigenvalue weighted by Crippen LogP contribution is -2.56. The van der Waals surface area contributed by atoms with Gasteiger partial charge < -0.3 is 9.73 Å². The molecule has 0 spiro atoms. The van der Waals surface area contributed by atoms with E-state index in [1.165, 1.54) is 0 Å². The molecule has 4 nitrogen and oxygen atoms in total. The quantitative estimate of drug-likeness (QED) is 0.809. The predicted molar refractivity (Wildman–Crippen MR) is 85.8 cm³/mol. The number of fused-ring (bicyclic) bond motifs is 4. The van der Waals surface area contributed by atoms with E-state index in [9.17, 15) is 9.59 Å². The third-order valence-electron chi connectivity index (χ3n) is 5.26. The molecule has 5 heteroatoms. The average molecular weight is 317 g/mol. The first kappa shape index (κ1) is 14.2. The number of Topliss-reactive ketones (excluding diaryl/α,β-unsaturated/α-hetero) is 2. The minimum absolute atomic E-state index is 0.0143. The van der Waals surface area contributed by atoms with E-state index >= 15 is 0 Å². The van der Waals surface area contributed by atoms with E-state index in [2.05, 4.69) is 5.32 Å². The van der Waals surface area contributed by atoms with Crippen LogP contribution in [-0.2, 0) is 0 Å². The Hall–Kier alpha value is -1.46. The number of rotatable bonds is 0. The van der Waals surface area contributed by atoms with E-state index < -0.39 is 0 Å². The molecule has 2 aromatic rings. The largest absolute Gasteiger partial charge is 0.451 e. The molecule has 1 aliphatic heterocycles. The minimum atomic E-state index is -0.274. The Morgan fingerprint density at radius 3 is 2.55 bits per heavy atom. The first-order valence-corrected chi connectivity index (χ1v) is 8.57. The normalized spacial score (nSPS) is 31.5. The number of furan rings is 1. The van der Waals surface area contributed by atoms with E-state index in [1.807, 2.05) is 27.7 Å². The van der Waals surface area contributed by atoms with Gasteiger partial charge in [-0.2, -0.15) is 0 Å². The predicted octanol–water partition coefficient (Wildman–Crippen LogP) is 3.35. The van der Waals surface area contributed by atoms with Gasteiger partial charge in [-0.15, -0.1) is 11.3 Å². The summed E-state index contributed by atoms with van der Waals surface area (Å²) in [4.78, 5) is 28.2. The highest BCUT2D eigenvalue weighted by molar-refractivity contribution is 7.13. The average Bonchev–Trinajstić information content (AvgIpc) is 2.99. The summed E-state index contributed by atoms with van der Waals surface area (Å²) in [6.07, 6.45) is 0. The number of aryl methyl sites for hydroxylation is 2. The van der Waals surface area contributed by atoms with Crippen molar-refractivity contribution in [3.63, 3.8) is 0 Å². The summed E-state index contributed by atoms with van der Waals surface area (Å²) in [6.45, 7) is 8.77. The molecule has 0 amide bonds. The Balaban J connectivity index is 2.01. The minimum Gasteiger partial charge on any atom is -0.451 e. The first-order valence-electron chi connectivity index (χ1n) is 7.76. The number of nitrogens with one attached hydrogen (secondary N) is 1. The lowest BCUT2D eigenvalue weighted by molar-refractivity contribution is 0.0536. The monoisotopic (exact) mass is 317 g/mol. The summed E-state index contributed by atoms with van der Waals surface area (Å²) in [5, 5.41) is 4.23. The molecule has 1 aliphatic carbocycles. The lowest BCUT2D eigenvalue weighted by atomic mass is 9.66. The number of hydrogen-bond acceptors (Lipinski definition) is 5. The molecule has 2 aliphatic rings. The Kier molecular flexibility index (Phi) is 2.91. The van der Waals surface area contributed by atoms with Crippen LogP contribution in [0.15, 0.2) is 4.42 Å². The second-order valence-electron chi connectivity index (χ2n) is 6.68. The van der Waals surface area contributed by atoms with Crippen LogP contribution >= 0.6 is 11.3 Å². The van der Waals surface area contributed by atoms with Crippen LogP contribution in [0.25, 0.3) is 11.0 Å². The molecule has 2 aromatic heterocycles. The molecule has 0 bridgehead atoms. The summed E-state index contributed by atoms with van der Waals surface area (Å²) in [7, 11) is 0. The first-order chi connectivity index (χ1) is 10.4. The highest BCUT2D eigenvalue weighted by Gasteiger charge is 2.51.